The molecular weight excluding hydrogens is 374 g/mol. The first-order chi connectivity index (χ1) is 11.6. The summed E-state index contributed by atoms with van der Waals surface area (Å²) < 4.78 is 11.9. The zero-order valence-corrected chi connectivity index (χ0v) is 14.7. The van der Waals surface area contributed by atoms with Gasteiger partial charge in [0.2, 0.25) is 0 Å². The number of hydrogen-bond donors (Lipinski definition) is 2. The van der Waals surface area contributed by atoms with Crippen molar-refractivity contribution in [1.82, 2.24) is 0 Å². The van der Waals surface area contributed by atoms with Crippen LogP contribution in [0.15, 0.2) is 52.0 Å². The van der Waals surface area contributed by atoms with Gasteiger partial charge in [-0.1, -0.05) is 18.2 Å². The zero-order chi connectivity index (χ0) is 17.4. The van der Waals surface area contributed by atoms with Crippen molar-refractivity contribution in [2.24, 2.45) is 10.9 Å². The summed E-state index contributed by atoms with van der Waals surface area (Å²) >= 11 is 3.41. The Bertz CT molecular complexity index is 721. The lowest BCUT2D eigenvalue weighted by atomic mass is 10.2. The molecule has 0 atom stereocenters. The normalized spacial score (nSPS) is 10.6. The summed E-state index contributed by atoms with van der Waals surface area (Å²) in [6.07, 6.45) is 1.50. The van der Waals surface area contributed by atoms with E-state index in [1.165, 1.54) is 6.21 Å². The number of nitrogens with two attached hydrogens (primary N) is 1. The van der Waals surface area contributed by atoms with Crippen LogP contribution in [0.2, 0.25) is 0 Å². The van der Waals surface area contributed by atoms with E-state index in [-0.39, 0.29) is 12.5 Å². The average molecular weight is 392 g/mol. The number of carbonyl (C=O) groups is 1. The summed E-state index contributed by atoms with van der Waals surface area (Å²) in [5.74, 6) is 5.91. The van der Waals surface area contributed by atoms with E-state index in [1.54, 1.807) is 24.3 Å². The van der Waals surface area contributed by atoms with Crippen LogP contribution in [-0.4, -0.2) is 25.3 Å². The molecule has 0 saturated heterocycles. The van der Waals surface area contributed by atoms with Crippen LogP contribution in [0.1, 0.15) is 12.5 Å². The maximum Gasteiger partial charge on any atom is 0.262 e. The number of hydrazone groups is 1. The van der Waals surface area contributed by atoms with Gasteiger partial charge in [-0.05, 0) is 47.1 Å². The molecule has 0 heterocycles. The number of hydrogen-bond acceptors (Lipinski definition) is 5. The minimum atomic E-state index is -0.257. The van der Waals surface area contributed by atoms with Crippen molar-refractivity contribution in [1.29, 1.82) is 0 Å². The number of rotatable bonds is 7. The van der Waals surface area contributed by atoms with E-state index in [4.69, 9.17) is 15.3 Å². The number of nitrogens with one attached hydrogen (secondary N) is 1. The summed E-state index contributed by atoms with van der Waals surface area (Å²) in [4.78, 5) is 12.0. The number of halogens is 1. The van der Waals surface area contributed by atoms with Crippen LogP contribution in [0.5, 0.6) is 11.5 Å². The first kappa shape index (κ1) is 17.8. The summed E-state index contributed by atoms with van der Waals surface area (Å²) in [6, 6.07) is 12.6. The van der Waals surface area contributed by atoms with Gasteiger partial charge in [-0.15, -0.1) is 0 Å². The fourth-order valence-corrected chi connectivity index (χ4v) is 2.40. The maximum absolute atomic E-state index is 12.0. The van der Waals surface area contributed by atoms with Crippen molar-refractivity contribution < 1.29 is 14.3 Å². The van der Waals surface area contributed by atoms with Gasteiger partial charge in [0.15, 0.2) is 18.1 Å². The molecule has 7 heteroatoms. The van der Waals surface area contributed by atoms with Crippen LogP contribution in [0.3, 0.4) is 0 Å². The predicted molar refractivity (Wildman–Crippen MR) is 97.7 cm³/mol. The Morgan fingerprint density at radius 3 is 2.62 bits per heavy atom. The van der Waals surface area contributed by atoms with E-state index in [0.29, 0.717) is 23.8 Å². The molecular formula is C17H18BrN3O3. The van der Waals surface area contributed by atoms with Gasteiger partial charge in [0.05, 0.1) is 12.8 Å². The Labute approximate surface area is 148 Å². The van der Waals surface area contributed by atoms with Gasteiger partial charge in [0.1, 0.15) is 0 Å². The van der Waals surface area contributed by atoms with Crippen LogP contribution >= 0.6 is 15.9 Å². The van der Waals surface area contributed by atoms with Gasteiger partial charge >= 0.3 is 0 Å². The van der Waals surface area contributed by atoms with Crippen LogP contribution in [-0.2, 0) is 4.79 Å². The number of nitrogens with zero attached hydrogens (tertiary/aromatic N) is 1. The van der Waals surface area contributed by atoms with Gasteiger partial charge in [-0.2, -0.15) is 5.10 Å². The molecule has 2 aromatic carbocycles. The lowest BCUT2D eigenvalue weighted by Crippen LogP contribution is -2.20. The molecule has 0 bridgehead atoms. The van der Waals surface area contributed by atoms with E-state index in [1.807, 2.05) is 25.1 Å². The van der Waals surface area contributed by atoms with Crippen LogP contribution < -0.4 is 20.6 Å². The lowest BCUT2D eigenvalue weighted by Gasteiger charge is -2.13. The average Bonchev–Trinajstić information content (AvgIpc) is 2.57. The fraction of sp³-hybridized carbons (Fsp3) is 0.176. The third-order valence-electron chi connectivity index (χ3n) is 2.99. The third-order valence-corrected chi connectivity index (χ3v) is 3.68. The van der Waals surface area contributed by atoms with Crippen LogP contribution in [0.25, 0.3) is 0 Å². The highest BCUT2D eigenvalue weighted by atomic mass is 79.9. The smallest absolute Gasteiger partial charge is 0.262 e. The molecule has 126 valence electrons. The second kappa shape index (κ2) is 8.93. The van der Waals surface area contributed by atoms with Crippen LogP contribution in [0, 0.1) is 0 Å². The summed E-state index contributed by atoms with van der Waals surface area (Å²) in [6.45, 7) is 2.20. The number of carbonyl (C=O) groups excluding carboxylic acids is 1. The molecule has 2 rings (SSSR count). The van der Waals surface area contributed by atoms with Crippen molar-refractivity contribution in [3.63, 3.8) is 0 Å². The highest BCUT2D eigenvalue weighted by Gasteiger charge is 2.12. The Balaban J connectivity index is 2.07. The largest absolute Gasteiger partial charge is 0.490 e. The van der Waals surface area contributed by atoms with Gasteiger partial charge in [-0.25, -0.2) is 0 Å². The van der Waals surface area contributed by atoms with Gasteiger partial charge in [0, 0.05) is 15.7 Å². The maximum atomic E-state index is 12.0. The number of ether oxygens (including phenoxy) is 2. The summed E-state index contributed by atoms with van der Waals surface area (Å²) in [7, 11) is 0. The number of para-hydroxylation sites is 1. The summed E-state index contributed by atoms with van der Waals surface area (Å²) in [5, 5.41) is 6.26. The van der Waals surface area contributed by atoms with Crippen molar-refractivity contribution >= 4 is 33.7 Å². The summed E-state index contributed by atoms with van der Waals surface area (Å²) in [5.41, 5.74) is 1.47. The quantitative estimate of drug-likeness (QED) is 0.431. The molecule has 0 aliphatic heterocycles. The highest BCUT2D eigenvalue weighted by Crippen LogP contribution is 2.33. The monoisotopic (exact) mass is 391 g/mol. The van der Waals surface area contributed by atoms with Crippen molar-refractivity contribution in [2.45, 2.75) is 6.92 Å². The second-order valence-electron chi connectivity index (χ2n) is 4.73. The SMILES string of the molecule is CCOc1cc(C=NN)c(Br)cc1OCC(=O)Nc1ccccc1. The van der Waals surface area contributed by atoms with Crippen molar-refractivity contribution in [3.8, 4) is 11.5 Å². The molecule has 0 spiro atoms. The second-order valence-corrected chi connectivity index (χ2v) is 5.59. The third kappa shape index (κ3) is 4.99. The Morgan fingerprint density at radius 1 is 1.25 bits per heavy atom. The molecule has 0 aliphatic carbocycles. The predicted octanol–water partition coefficient (Wildman–Crippen LogP) is 3.16. The number of benzene rings is 2. The van der Waals surface area contributed by atoms with E-state index in [2.05, 4.69) is 26.3 Å². The minimum absolute atomic E-state index is 0.133. The first-order valence-electron chi connectivity index (χ1n) is 7.31. The Hall–Kier alpha value is -2.54. The van der Waals surface area contributed by atoms with E-state index in [9.17, 15) is 4.79 Å². The van der Waals surface area contributed by atoms with E-state index < -0.39 is 0 Å². The Morgan fingerprint density at radius 2 is 1.96 bits per heavy atom. The van der Waals surface area contributed by atoms with Gasteiger partial charge < -0.3 is 20.6 Å². The molecule has 3 N–H and O–H groups in total. The molecule has 0 unspecified atom stereocenters. The molecule has 0 aromatic heterocycles. The molecule has 0 fully saturated rings. The van der Waals surface area contributed by atoms with Crippen molar-refractivity contribution in [2.75, 3.05) is 18.5 Å². The van der Waals surface area contributed by atoms with Gasteiger partial charge in [0.25, 0.3) is 5.91 Å². The fourth-order valence-electron chi connectivity index (χ4n) is 1.97. The Kier molecular flexibility index (Phi) is 6.62. The van der Waals surface area contributed by atoms with Crippen LogP contribution in [0.4, 0.5) is 5.69 Å². The molecule has 1 amide bonds. The molecule has 6 nitrogen and oxygen atoms in total. The molecule has 0 aliphatic rings. The van der Waals surface area contributed by atoms with E-state index >= 15 is 0 Å². The van der Waals surface area contributed by atoms with Crippen molar-refractivity contribution in [3.05, 3.63) is 52.5 Å². The standard InChI is InChI=1S/C17H18BrN3O3/c1-2-23-15-8-12(10-20-19)14(18)9-16(15)24-11-17(22)21-13-6-4-3-5-7-13/h3-10H,2,11,19H2,1H3,(H,21,22). The zero-order valence-electron chi connectivity index (χ0n) is 13.2. The first-order valence-corrected chi connectivity index (χ1v) is 8.10. The van der Waals surface area contributed by atoms with Gasteiger partial charge in [-0.3, -0.25) is 4.79 Å². The number of amides is 1. The molecule has 2 aromatic rings. The highest BCUT2D eigenvalue weighted by molar-refractivity contribution is 9.10. The lowest BCUT2D eigenvalue weighted by molar-refractivity contribution is -0.118. The molecule has 0 saturated carbocycles. The molecule has 24 heavy (non-hydrogen) atoms. The molecule has 0 radical (unpaired) electrons. The topological polar surface area (TPSA) is 85.9 Å². The minimum Gasteiger partial charge on any atom is -0.490 e. The van der Waals surface area contributed by atoms with E-state index in [0.717, 1.165) is 10.0 Å². The number of anilines is 1.